The van der Waals surface area contributed by atoms with E-state index in [0.29, 0.717) is 24.9 Å². The van der Waals surface area contributed by atoms with Gasteiger partial charge in [0.15, 0.2) is 0 Å². The molecule has 1 N–H and O–H groups in total. The first-order chi connectivity index (χ1) is 11.3. The quantitative estimate of drug-likeness (QED) is 0.837. The number of ether oxygens (including phenoxy) is 1. The van der Waals surface area contributed by atoms with E-state index in [1.54, 1.807) is 6.20 Å². The molecule has 1 aliphatic rings. The molecule has 1 aliphatic carbocycles. The van der Waals surface area contributed by atoms with Gasteiger partial charge in [-0.2, -0.15) is 5.10 Å². The fraction of sp³-hybridized carbons (Fsp3) is 0.474. The summed E-state index contributed by atoms with van der Waals surface area (Å²) in [6, 6.07) is 10.8. The van der Waals surface area contributed by atoms with E-state index < -0.39 is 0 Å². The normalized spacial score (nSPS) is 21.1. The van der Waals surface area contributed by atoms with Crippen molar-refractivity contribution in [2.24, 2.45) is 5.92 Å². The average Bonchev–Trinajstić information content (AvgIpc) is 3.10. The Balaban J connectivity index is 1.54. The van der Waals surface area contributed by atoms with Crippen LogP contribution in [0, 0.1) is 5.92 Å². The third kappa shape index (κ3) is 4.01. The number of carbonyl (C=O) groups is 1. The molecule has 0 atom stereocenters. The van der Waals surface area contributed by atoms with Gasteiger partial charge in [0.05, 0.1) is 12.3 Å². The summed E-state index contributed by atoms with van der Waals surface area (Å²) in [5.74, 6) is 1.07. The third-order valence-corrected chi connectivity index (χ3v) is 4.80. The number of hydrogen-bond donors (Lipinski definition) is 1. The number of aromatic nitrogens is 2. The van der Waals surface area contributed by atoms with Crippen molar-refractivity contribution in [3.8, 4) is 11.3 Å². The largest absolute Gasteiger partial charge is 0.466 e. The Morgan fingerprint density at radius 2 is 1.91 bits per heavy atom. The molecule has 1 aromatic heterocycles. The van der Waals surface area contributed by atoms with Gasteiger partial charge in [0.2, 0.25) is 0 Å². The molecule has 4 heteroatoms. The summed E-state index contributed by atoms with van der Waals surface area (Å²) in [4.78, 5) is 11.6. The average molecular weight is 312 g/mol. The second-order valence-electron chi connectivity index (χ2n) is 6.32. The van der Waals surface area contributed by atoms with Crippen molar-refractivity contribution in [3.63, 3.8) is 0 Å². The number of rotatable bonds is 5. The minimum atomic E-state index is -0.0418. The lowest BCUT2D eigenvalue weighted by atomic mass is 9.77. The van der Waals surface area contributed by atoms with Crippen LogP contribution in [0.1, 0.15) is 50.5 Å². The van der Waals surface area contributed by atoms with Crippen molar-refractivity contribution in [1.82, 2.24) is 10.2 Å². The molecule has 0 bridgehead atoms. The Labute approximate surface area is 137 Å². The Kier molecular flexibility index (Phi) is 5.11. The minimum absolute atomic E-state index is 0.0418. The molecular weight excluding hydrogens is 288 g/mol. The van der Waals surface area contributed by atoms with Crippen LogP contribution in [0.25, 0.3) is 11.3 Å². The SMILES string of the molecule is CCOC(=O)CC1CCC(c2ccc(-c3ccn[nH]3)cc2)CC1. The number of hydrogen-bond acceptors (Lipinski definition) is 3. The van der Waals surface area contributed by atoms with Crippen LogP contribution in [0.4, 0.5) is 0 Å². The highest BCUT2D eigenvalue weighted by molar-refractivity contribution is 5.69. The predicted molar refractivity (Wildman–Crippen MR) is 90.0 cm³/mol. The Morgan fingerprint density at radius 3 is 2.52 bits per heavy atom. The summed E-state index contributed by atoms with van der Waals surface area (Å²) >= 11 is 0. The maximum absolute atomic E-state index is 11.6. The summed E-state index contributed by atoms with van der Waals surface area (Å²) in [6.07, 6.45) is 6.91. The van der Waals surface area contributed by atoms with Gasteiger partial charge >= 0.3 is 5.97 Å². The van der Waals surface area contributed by atoms with Crippen LogP contribution >= 0.6 is 0 Å². The van der Waals surface area contributed by atoms with Gasteiger partial charge in [-0.25, -0.2) is 0 Å². The number of benzene rings is 1. The molecule has 0 saturated heterocycles. The highest BCUT2D eigenvalue weighted by Crippen LogP contribution is 2.37. The summed E-state index contributed by atoms with van der Waals surface area (Å²) in [7, 11) is 0. The molecule has 0 unspecified atom stereocenters. The van der Waals surface area contributed by atoms with Gasteiger partial charge < -0.3 is 4.74 Å². The van der Waals surface area contributed by atoms with Crippen LogP contribution in [0.15, 0.2) is 36.5 Å². The smallest absolute Gasteiger partial charge is 0.306 e. The van der Waals surface area contributed by atoms with Crippen LogP contribution in [-0.2, 0) is 9.53 Å². The zero-order valence-electron chi connectivity index (χ0n) is 13.6. The van der Waals surface area contributed by atoms with Crippen molar-refractivity contribution >= 4 is 5.97 Å². The Bertz CT molecular complexity index is 611. The highest BCUT2D eigenvalue weighted by Gasteiger charge is 2.24. The minimum Gasteiger partial charge on any atom is -0.466 e. The molecule has 1 heterocycles. The molecule has 0 amide bonds. The fourth-order valence-electron chi connectivity index (χ4n) is 3.51. The van der Waals surface area contributed by atoms with E-state index in [-0.39, 0.29) is 5.97 Å². The monoisotopic (exact) mass is 312 g/mol. The van der Waals surface area contributed by atoms with Crippen LogP contribution in [-0.4, -0.2) is 22.8 Å². The second-order valence-corrected chi connectivity index (χ2v) is 6.32. The van der Waals surface area contributed by atoms with E-state index in [0.717, 1.165) is 31.4 Å². The molecule has 4 nitrogen and oxygen atoms in total. The maximum atomic E-state index is 11.6. The molecular formula is C19H24N2O2. The van der Waals surface area contributed by atoms with Gasteiger partial charge in [0.1, 0.15) is 0 Å². The number of nitrogens with zero attached hydrogens (tertiary/aromatic N) is 1. The topological polar surface area (TPSA) is 55.0 Å². The zero-order chi connectivity index (χ0) is 16.1. The first-order valence-electron chi connectivity index (χ1n) is 8.51. The van der Waals surface area contributed by atoms with Gasteiger partial charge in [-0.1, -0.05) is 24.3 Å². The van der Waals surface area contributed by atoms with Gasteiger partial charge in [-0.05, 0) is 61.6 Å². The van der Waals surface area contributed by atoms with E-state index in [4.69, 9.17) is 4.74 Å². The number of nitrogens with one attached hydrogen (secondary N) is 1. The standard InChI is InChI=1S/C19H24N2O2/c1-2-23-19(22)13-14-3-5-15(6-4-14)16-7-9-17(10-8-16)18-11-12-20-21-18/h7-12,14-15H,2-6,13H2,1H3,(H,20,21). The number of esters is 1. The van der Waals surface area contributed by atoms with Crippen LogP contribution < -0.4 is 0 Å². The number of aromatic amines is 1. The summed E-state index contributed by atoms with van der Waals surface area (Å²) in [5, 5.41) is 6.99. The second kappa shape index (κ2) is 7.44. The Hall–Kier alpha value is -2.10. The molecule has 122 valence electrons. The van der Waals surface area contributed by atoms with Crippen LogP contribution in [0.2, 0.25) is 0 Å². The first-order valence-corrected chi connectivity index (χ1v) is 8.51. The van der Waals surface area contributed by atoms with Gasteiger partial charge in [-0.3, -0.25) is 9.89 Å². The molecule has 0 radical (unpaired) electrons. The van der Waals surface area contributed by atoms with Crippen molar-refractivity contribution in [2.75, 3.05) is 6.61 Å². The van der Waals surface area contributed by atoms with E-state index in [1.807, 2.05) is 13.0 Å². The lowest BCUT2D eigenvalue weighted by Crippen LogP contribution is -2.17. The van der Waals surface area contributed by atoms with Crippen LogP contribution in [0.3, 0.4) is 0 Å². The summed E-state index contributed by atoms with van der Waals surface area (Å²) in [5.41, 5.74) is 3.62. The molecule has 1 fully saturated rings. The molecule has 23 heavy (non-hydrogen) atoms. The van der Waals surface area contributed by atoms with Gasteiger partial charge in [0, 0.05) is 12.6 Å². The van der Waals surface area contributed by atoms with E-state index in [2.05, 4.69) is 34.5 Å². The lowest BCUT2D eigenvalue weighted by Gasteiger charge is -2.28. The van der Waals surface area contributed by atoms with E-state index >= 15 is 0 Å². The van der Waals surface area contributed by atoms with Crippen LogP contribution in [0.5, 0.6) is 0 Å². The van der Waals surface area contributed by atoms with E-state index in [1.165, 1.54) is 11.1 Å². The summed E-state index contributed by atoms with van der Waals surface area (Å²) in [6.45, 7) is 2.35. The van der Waals surface area contributed by atoms with E-state index in [9.17, 15) is 4.79 Å². The molecule has 1 saturated carbocycles. The van der Waals surface area contributed by atoms with Crippen molar-refractivity contribution in [1.29, 1.82) is 0 Å². The molecule has 1 aromatic carbocycles. The molecule has 2 aromatic rings. The molecule has 0 spiro atoms. The van der Waals surface area contributed by atoms with Crippen molar-refractivity contribution < 1.29 is 9.53 Å². The highest BCUT2D eigenvalue weighted by atomic mass is 16.5. The van der Waals surface area contributed by atoms with Gasteiger partial charge in [-0.15, -0.1) is 0 Å². The molecule has 3 rings (SSSR count). The predicted octanol–water partition coefficient (Wildman–Crippen LogP) is 4.30. The lowest BCUT2D eigenvalue weighted by molar-refractivity contribution is -0.144. The van der Waals surface area contributed by atoms with Crippen molar-refractivity contribution in [3.05, 3.63) is 42.1 Å². The maximum Gasteiger partial charge on any atom is 0.306 e. The first kappa shape index (κ1) is 15.8. The fourth-order valence-corrected chi connectivity index (χ4v) is 3.51. The zero-order valence-corrected chi connectivity index (χ0v) is 13.6. The molecule has 0 aliphatic heterocycles. The van der Waals surface area contributed by atoms with Crippen molar-refractivity contribution in [2.45, 2.75) is 44.9 Å². The van der Waals surface area contributed by atoms with Gasteiger partial charge in [0.25, 0.3) is 0 Å². The number of carbonyl (C=O) groups excluding carboxylic acids is 1. The summed E-state index contributed by atoms with van der Waals surface area (Å²) < 4.78 is 5.06. The number of H-pyrrole nitrogens is 1. The Morgan fingerprint density at radius 1 is 1.17 bits per heavy atom. The third-order valence-electron chi connectivity index (χ3n) is 4.80.